The zero-order valence-corrected chi connectivity index (χ0v) is 31.6. The van der Waals surface area contributed by atoms with Crippen LogP contribution in [0.25, 0.3) is 0 Å². The number of hydrogen-bond donors (Lipinski definition) is 3. The highest BCUT2D eigenvalue weighted by Crippen LogP contribution is 2.43. The molecule has 0 aromatic heterocycles. The lowest BCUT2D eigenvalue weighted by Crippen LogP contribution is -2.29. The number of carbonyl (C=O) groups is 3. The molecule has 0 aromatic rings. The molecule has 0 heterocycles. The molecule has 3 atom stereocenters. The van der Waals surface area contributed by atoms with Crippen molar-refractivity contribution >= 4 is 25.5 Å². The number of ketones is 1. The molecule has 0 amide bonds. The van der Waals surface area contributed by atoms with Gasteiger partial charge in [0.2, 0.25) is 0 Å². The molecule has 0 aromatic carbocycles. The summed E-state index contributed by atoms with van der Waals surface area (Å²) in [5.74, 6) is -0.176. The van der Waals surface area contributed by atoms with Gasteiger partial charge in [-0.15, -0.1) is 0 Å². The molecule has 288 valence electrons. The molecule has 0 aliphatic carbocycles. The summed E-state index contributed by atoms with van der Waals surface area (Å²) in [6.45, 7) is 4.31. The molecule has 11 nitrogen and oxygen atoms in total. The maximum Gasteiger partial charge on any atom is 0.472 e. The third kappa shape index (κ3) is 32.8. The molecule has 0 aliphatic heterocycles. The number of phosphoric ester groups is 1. The van der Waals surface area contributed by atoms with Crippen LogP contribution < -0.4 is 0 Å². The van der Waals surface area contributed by atoms with Gasteiger partial charge >= 0.3 is 19.8 Å². The van der Waals surface area contributed by atoms with Gasteiger partial charge < -0.3 is 24.6 Å². The Morgan fingerprint density at radius 3 is 2.04 bits per heavy atom. The lowest BCUT2D eigenvalue weighted by Gasteiger charge is -2.20. The Morgan fingerprint density at radius 2 is 1.34 bits per heavy atom. The highest BCUT2D eigenvalue weighted by atomic mass is 31.2. The Balaban J connectivity index is 4.50. The fourth-order valence-electron chi connectivity index (χ4n) is 4.48. The van der Waals surface area contributed by atoms with Crippen LogP contribution in [-0.4, -0.2) is 71.5 Å². The van der Waals surface area contributed by atoms with E-state index in [4.69, 9.17) is 19.1 Å². The number of ether oxygens (including phenoxy) is 2. The van der Waals surface area contributed by atoms with Gasteiger partial charge in [0.15, 0.2) is 11.9 Å². The number of phosphoric acid groups is 1. The van der Waals surface area contributed by atoms with E-state index < -0.39 is 51.8 Å². The maximum absolute atomic E-state index is 12.5. The average molecular weight is 729 g/mol. The van der Waals surface area contributed by atoms with Crippen LogP contribution in [0.1, 0.15) is 130 Å². The fourth-order valence-corrected chi connectivity index (χ4v) is 5.27. The molecule has 0 fully saturated rings. The maximum atomic E-state index is 12.5. The lowest BCUT2D eigenvalue weighted by molar-refractivity contribution is -0.161. The molecule has 1 unspecified atom stereocenters. The van der Waals surface area contributed by atoms with Crippen molar-refractivity contribution in [3.8, 4) is 0 Å². The molecular weight excluding hydrogens is 663 g/mol. The van der Waals surface area contributed by atoms with E-state index in [-0.39, 0.29) is 25.2 Å². The number of unbranched alkanes of at least 4 members (excludes halogenated alkanes) is 8. The zero-order valence-electron chi connectivity index (χ0n) is 30.8. The Labute approximate surface area is 300 Å². The van der Waals surface area contributed by atoms with Crippen LogP contribution in [0.3, 0.4) is 0 Å². The van der Waals surface area contributed by atoms with Crippen LogP contribution >= 0.6 is 7.82 Å². The summed E-state index contributed by atoms with van der Waals surface area (Å²) in [5.41, 5.74) is 0. The molecule has 0 spiro atoms. The van der Waals surface area contributed by atoms with Crippen molar-refractivity contribution in [3.63, 3.8) is 0 Å². The predicted molar refractivity (Wildman–Crippen MR) is 196 cm³/mol. The standard InChI is InChI=1S/C38H65O11P/c1-4-5-19-25-34(40)26-21-16-11-9-7-6-8-10-12-17-22-27-37(42)46-31-36(32-48-50(44,45)47-30-35(41)29-39)49-38(43)28-23-18-14-13-15-20-24-33(2)3/h6-7,10-12,16,21,26,33,35-36,39,41H,4-5,8-9,13-15,17-20,22-25,27-32H2,1-3H3,(H,44,45)/b7-6-,12-10-,16-11-,26-21+/t35-,36+/m0/s1. The summed E-state index contributed by atoms with van der Waals surface area (Å²) in [5, 5.41) is 18.2. The van der Waals surface area contributed by atoms with Gasteiger partial charge in [-0.25, -0.2) is 4.57 Å². The quantitative estimate of drug-likeness (QED) is 0.0150. The lowest BCUT2D eigenvalue weighted by atomic mass is 10.0. The molecule has 0 aliphatic rings. The van der Waals surface area contributed by atoms with E-state index in [1.54, 1.807) is 12.2 Å². The van der Waals surface area contributed by atoms with Gasteiger partial charge in [0, 0.05) is 19.3 Å². The van der Waals surface area contributed by atoms with Crippen LogP contribution in [0.2, 0.25) is 0 Å². The number of carbonyl (C=O) groups excluding carboxylic acids is 3. The van der Waals surface area contributed by atoms with Crippen molar-refractivity contribution in [2.45, 2.75) is 142 Å². The highest BCUT2D eigenvalue weighted by Gasteiger charge is 2.27. The molecular formula is C38H65O11P. The normalized spacial score (nSPS) is 14.6. The van der Waals surface area contributed by atoms with Crippen LogP contribution in [0.15, 0.2) is 48.6 Å². The predicted octanol–water partition coefficient (Wildman–Crippen LogP) is 8.03. The summed E-state index contributed by atoms with van der Waals surface area (Å²) >= 11 is 0. The minimum atomic E-state index is -4.63. The Kier molecular flexibility index (Phi) is 30.9. The first-order chi connectivity index (χ1) is 24.0. The molecule has 12 heteroatoms. The minimum Gasteiger partial charge on any atom is -0.462 e. The second-order valence-corrected chi connectivity index (χ2v) is 14.2. The SMILES string of the molecule is CCCCCC(=O)/C=C/C=C\C/C=C\C/C=C\CCCC(=O)OC[C@H](COP(=O)(O)OC[C@@H](O)CO)OC(=O)CCCCCCCCC(C)C. The summed E-state index contributed by atoms with van der Waals surface area (Å²) in [4.78, 5) is 46.4. The Morgan fingerprint density at radius 1 is 0.720 bits per heavy atom. The number of allylic oxidation sites excluding steroid dienone is 8. The van der Waals surface area contributed by atoms with Crippen LogP contribution in [0.4, 0.5) is 0 Å². The van der Waals surface area contributed by atoms with Gasteiger partial charge in [-0.1, -0.05) is 115 Å². The first kappa shape index (κ1) is 47.6. The summed E-state index contributed by atoms with van der Waals surface area (Å²) in [6.07, 6.45) is 26.8. The van der Waals surface area contributed by atoms with E-state index in [1.807, 2.05) is 36.5 Å². The zero-order chi connectivity index (χ0) is 37.3. The molecule has 3 N–H and O–H groups in total. The van der Waals surface area contributed by atoms with Gasteiger partial charge in [0.1, 0.15) is 12.7 Å². The number of aliphatic hydroxyl groups is 2. The van der Waals surface area contributed by atoms with Crippen molar-refractivity contribution in [2.24, 2.45) is 5.92 Å². The van der Waals surface area contributed by atoms with Crippen molar-refractivity contribution in [2.75, 3.05) is 26.4 Å². The van der Waals surface area contributed by atoms with E-state index in [2.05, 4.69) is 25.3 Å². The van der Waals surface area contributed by atoms with Crippen LogP contribution in [0.5, 0.6) is 0 Å². The van der Waals surface area contributed by atoms with E-state index >= 15 is 0 Å². The number of hydrogen-bond acceptors (Lipinski definition) is 10. The molecule has 0 saturated heterocycles. The number of esters is 2. The summed E-state index contributed by atoms with van der Waals surface area (Å²) in [7, 11) is -4.63. The first-order valence-electron chi connectivity index (χ1n) is 18.4. The van der Waals surface area contributed by atoms with E-state index in [9.17, 15) is 28.9 Å². The monoisotopic (exact) mass is 728 g/mol. The van der Waals surface area contributed by atoms with Crippen molar-refractivity contribution in [3.05, 3.63) is 48.6 Å². The average Bonchev–Trinajstić information content (AvgIpc) is 3.08. The summed E-state index contributed by atoms with van der Waals surface area (Å²) in [6, 6.07) is 0. The van der Waals surface area contributed by atoms with Crippen molar-refractivity contribution < 1.29 is 52.6 Å². The van der Waals surface area contributed by atoms with Crippen LogP contribution in [-0.2, 0) is 37.5 Å². The molecule has 50 heavy (non-hydrogen) atoms. The molecule has 0 bridgehead atoms. The van der Waals surface area contributed by atoms with Gasteiger partial charge in [0.05, 0.1) is 19.8 Å². The highest BCUT2D eigenvalue weighted by molar-refractivity contribution is 7.47. The van der Waals surface area contributed by atoms with Gasteiger partial charge in [-0.3, -0.25) is 23.4 Å². The minimum absolute atomic E-state index is 0.138. The van der Waals surface area contributed by atoms with Gasteiger partial charge in [-0.05, 0) is 50.5 Å². The van der Waals surface area contributed by atoms with Gasteiger partial charge in [0.25, 0.3) is 0 Å². The number of rotatable bonds is 33. The third-order valence-electron chi connectivity index (χ3n) is 7.39. The van der Waals surface area contributed by atoms with Crippen LogP contribution in [0, 0.1) is 5.92 Å². The van der Waals surface area contributed by atoms with Gasteiger partial charge in [-0.2, -0.15) is 0 Å². The van der Waals surface area contributed by atoms with Crippen molar-refractivity contribution in [1.29, 1.82) is 0 Å². The van der Waals surface area contributed by atoms with E-state index in [0.717, 1.165) is 51.4 Å². The Hall–Kier alpha value is -2.40. The number of aliphatic hydroxyl groups excluding tert-OH is 2. The second-order valence-electron chi connectivity index (χ2n) is 12.8. The van der Waals surface area contributed by atoms with Crippen molar-refractivity contribution in [1.82, 2.24) is 0 Å². The topological polar surface area (TPSA) is 166 Å². The smallest absolute Gasteiger partial charge is 0.462 e. The third-order valence-corrected chi connectivity index (χ3v) is 8.34. The van der Waals surface area contributed by atoms with E-state index in [0.29, 0.717) is 31.6 Å². The first-order valence-corrected chi connectivity index (χ1v) is 19.9. The fraction of sp³-hybridized carbons (Fsp3) is 0.711. The summed E-state index contributed by atoms with van der Waals surface area (Å²) < 4.78 is 32.4. The second kappa shape index (κ2) is 32.5. The Bertz CT molecular complexity index is 1050. The largest absolute Gasteiger partial charge is 0.472 e. The van der Waals surface area contributed by atoms with E-state index in [1.165, 1.54) is 19.3 Å². The molecule has 0 rings (SSSR count). The molecule has 0 saturated carbocycles. The molecule has 0 radical (unpaired) electrons.